The topological polar surface area (TPSA) is 46.1 Å². The Labute approximate surface area is 138 Å². The molecular formula is C18H27N3O2. The van der Waals surface area contributed by atoms with Crippen LogP contribution >= 0.6 is 0 Å². The number of aliphatic imine (C=N–C) groups is 1. The van der Waals surface area contributed by atoms with E-state index in [0.29, 0.717) is 6.79 Å². The predicted molar refractivity (Wildman–Crippen MR) is 92.4 cm³/mol. The number of likely N-dealkylation sites (tertiary alicyclic amines) is 1. The number of rotatable bonds is 4. The van der Waals surface area contributed by atoms with Gasteiger partial charge in [-0.2, -0.15) is 0 Å². The van der Waals surface area contributed by atoms with Gasteiger partial charge in [0, 0.05) is 25.0 Å². The van der Waals surface area contributed by atoms with Gasteiger partial charge in [0.25, 0.3) is 0 Å². The Hall–Kier alpha value is -1.91. The molecule has 126 valence electrons. The largest absolute Gasteiger partial charge is 0.454 e. The maximum absolute atomic E-state index is 5.50. The van der Waals surface area contributed by atoms with Gasteiger partial charge in [-0.3, -0.25) is 4.99 Å². The lowest BCUT2D eigenvalue weighted by Crippen LogP contribution is -2.40. The zero-order valence-electron chi connectivity index (χ0n) is 14.4. The number of hydrogen-bond acceptors (Lipinski definition) is 3. The van der Waals surface area contributed by atoms with Gasteiger partial charge >= 0.3 is 0 Å². The van der Waals surface area contributed by atoms with Gasteiger partial charge in [-0.25, -0.2) is 0 Å². The third kappa shape index (κ3) is 3.54. The molecule has 0 saturated carbocycles. The molecule has 0 aromatic heterocycles. The second kappa shape index (κ2) is 6.69. The molecule has 2 heterocycles. The molecule has 1 aromatic rings. The average Bonchev–Trinajstić information content (AvgIpc) is 3.21. The summed E-state index contributed by atoms with van der Waals surface area (Å²) in [5.74, 6) is 2.71. The summed E-state index contributed by atoms with van der Waals surface area (Å²) >= 11 is 0. The fraction of sp³-hybridized carbons (Fsp3) is 0.611. The maximum Gasteiger partial charge on any atom is 0.231 e. The number of benzene rings is 1. The summed E-state index contributed by atoms with van der Waals surface area (Å²) in [7, 11) is 0. The van der Waals surface area contributed by atoms with E-state index in [1.807, 2.05) is 6.07 Å². The molecule has 0 unspecified atom stereocenters. The number of hydrogen-bond donors (Lipinski definition) is 1. The molecule has 1 fully saturated rings. The van der Waals surface area contributed by atoms with Crippen molar-refractivity contribution in [3.05, 3.63) is 23.8 Å². The van der Waals surface area contributed by atoms with Crippen molar-refractivity contribution in [3.63, 3.8) is 0 Å². The van der Waals surface area contributed by atoms with Crippen LogP contribution in [-0.2, 0) is 5.41 Å². The fourth-order valence-corrected chi connectivity index (χ4v) is 3.04. The highest BCUT2D eigenvalue weighted by Gasteiger charge is 2.25. The molecule has 0 radical (unpaired) electrons. The van der Waals surface area contributed by atoms with Crippen LogP contribution in [0.4, 0.5) is 0 Å². The lowest BCUT2D eigenvalue weighted by molar-refractivity contribution is 0.174. The molecule has 1 N–H and O–H groups in total. The van der Waals surface area contributed by atoms with Crippen LogP contribution in [0.2, 0.25) is 0 Å². The van der Waals surface area contributed by atoms with Crippen LogP contribution in [0, 0.1) is 0 Å². The lowest BCUT2D eigenvalue weighted by atomic mass is 9.84. The molecule has 2 aliphatic rings. The van der Waals surface area contributed by atoms with Gasteiger partial charge in [0.15, 0.2) is 17.5 Å². The Balaban J connectivity index is 1.74. The third-order valence-corrected chi connectivity index (χ3v) is 4.52. The highest BCUT2D eigenvalue weighted by atomic mass is 16.7. The SMILES string of the molecule is CCNC(=NCC(C)(C)c1ccc2c(c1)OCO2)N1CCCC1. The van der Waals surface area contributed by atoms with Gasteiger partial charge in [-0.05, 0) is 37.5 Å². The molecule has 2 aliphatic heterocycles. The van der Waals surface area contributed by atoms with Crippen LogP contribution in [0.1, 0.15) is 39.2 Å². The van der Waals surface area contributed by atoms with Crippen molar-refractivity contribution in [3.8, 4) is 11.5 Å². The first-order valence-electron chi connectivity index (χ1n) is 8.53. The van der Waals surface area contributed by atoms with Gasteiger partial charge in [0.1, 0.15) is 0 Å². The third-order valence-electron chi connectivity index (χ3n) is 4.52. The predicted octanol–water partition coefficient (Wildman–Crippen LogP) is 2.75. The standard InChI is InChI=1S/C18H27N3O2/c1-4-19-17(21-9-5-6-10-21)20-12-18(2,3)14-7-8-15-16(11-14)23-13-22-15/h7-8,11H,4-6,9-10,12-13H2,1-3H3,(H,19,20). The molecule has 1 saturated heterocycles. The Bertz CT molecular complexity index is 578. The van der Waals surface area contributed by atoms with Crippen molar-refractivity contribution in [1.82, 2.24) is 10.2 Å². The van der Waals surface area contributed by atoms with E-state index in [9.17, 15) is 0 Å². The summed E-state index contributed by atoms with van der Waals surface area (Å²) in [6.07, 6.45) is 2.52. The van der Waals surface area contributed by atoms with Crippen LogP contribution in [0.5, 0.6) is 11.5 Å². The van der Waals surface area contributed by atoms with E-state index in [1.54, 1.807) is 0 Å². The van der Waals surface area contributed by atoms with Gasteiger partial charge in [-0.1, -0.05) is 19.9 Å². The molecule has 0 amide bonds. The first kappa shape index (κ1) is 16.0. The van der Waals surface area contributed by atoms with Crippen LogP contribution in [0.25, 0.3) is 0 Å². The van der Waals surface area contributed by atoms with E-state index >= 15 is 0 Å². The van der Waals surface area contributed by atoms with E-state index in [1.165, 1.54) is 18.4 Å². The highest BCUT2D eigenvalue weighted by molar-refractivity contribution is 5.80. The van der Waals surface area contributed by atoms with Crippen molar-refractivity contribution < 1.29 is 9.47 Å². The Morgan fingerprint density at radius 2 is 1.96 bits per heavy atom. The van der Waals surface area contributed by atoms with Crippen molar-refractivity contribution in [2.24, 2.45) is 4.99 Å². The molecule has 0 spiro atoms. The Morgan fingerprint density at radius 1 is 1.22 bits per heavy atom. The minimum atomic E-state index is -0.0542. The van der Waals surface area contributed by atoms with Gasteiger partial charge in [0.2, 0.25) is 6.79 Å². The van der Waals surface area contributed by atoms with E-state index in [4.69, 9.17) is 14.5 Å². The van der Waals surface area contributed by atoms with Crippen LogP contribution < -0.4 is 14.8 Å². The summed E-state index contributed by atoms with van der Waals surface area (Å²) in [4.78, 5) is 7.26. The van der Waals surface area contributed by atoms with Crippen molar-refractivity contribution in [2.75, 3.05) is 33.0 Å². The summed E-state index contributed by atoms with van der Waals surface area (Å²) in [6.45, 7) is 10.7. The molecular weight excluding hydrogens is 290 g/mol. The second-order valence-corrected chi connectivity index (χ2v) is 6.82. The molecule has 5 heteroatoms. The number of ether oxygens (including phenoxy) is 2. The monoisotopic (exact) mass is 317 g/mol. The highest BCUT2D eigenvalue weighted by Crippen LogP contribution is 2.36. The molecule has 5 nitrogen and oxygen atoms in total. The number of nitrogens with zero attached hydrogens (tertiary/aromatic N) is 2. The zero-order valence-corrected chi connectivity index (χ0v) is 14.4. The van der Waals surface area contributed by atoms with Crippen LogP contribution in [0.3, 0.4) is 0 Å². The lowest BCUT2D eigenvalue weighted by Gasteiger charge is -2.26. The molecule has 1 aromatic carbocycles. The van der Waals surface area contributed by atoms with Crippen molar-refractivity contribution >= 4 is 5.96 Å². The number of nitrogens with one attached hydrogen (secondary N) is 1. The van der Waals surface area contributed by atoms with Gasteiger partial charge in [0.05, 0.1) is 6.54 Å². The molecule has 0 atom stereocenters. The second-order valence-electron chi connectivity index (χ2n) is 6.82. The van der Waals surface area contributed by atoms with Gasteiger partial charge in [-0.15, -0.1) is 0 Å². The summed E-state index contributed by atoms with van der Waals surface area (Å²) in [6, 6.07) is 6.20. The first-order chi connectivity index (χ1) is 11.1. The maximum atomic E-state index is 5.50. The Kier molecular flexibility index (Phi) is 4.64. The molecule has 0 bridgehead atoms. The summed E-state index contributed by atoms with van der Waals surface area (Å²) in [5, 5.41) is 3.42. The normalized spacial score (nSPS) is 17.7. The smallest absolute Gasteiger partial charge is 0.231 e. The first-order valence-corrected chi connectivity index (χ1v) is 8.53. The molecule has 3 rings (SSSR count). The van der Waals surface area contributed by atoms with E-state index in [-0.39, 0.29) is 5.41 Å². The quantitative estimate of drug-likeness (QED) is 0.685. The van der Waals surface area contributed by atoms with Crippen LogP contribution in [-0.4, -0.2) is 43.8 Å². The minimum absolute atomic E-state index is 0.0542. The summed E-state index contributed by atoms with van der Waals surface area (Å²) < 4.78 is 10.9. The number of guanidine groups is 1. The zero-order chi connectivity index (χ0) is 16.3. The molecule has 0 aliphatic carbocycles. The number of fused-ring (bicyclic) bond motifs is 1. The van der Waals surface area contributed by atoms with E-state index in [2.05, 4.69) is 43.1 Å². The van der Waals surface area contributed by atoms with Gasteiger partial charge < -0.3 is 19.7 Å². The van der Waals surface area contributed by atoms with E-state index < -0.39 is 0 Å². The van der Waals surface area contributed by atoms with Crippen molar-refractivity contribution in [2.45, 2.75) is 39.0 Å². The van der Waals surface area contributed by atoms with Crippen LogP contribution in [0.15, 0.2) is 23.2 Å². The Morgan fingerprint density at radius 3 is 2.70 bits per heavy atom. The molecule has 23 heavy (non-hydrogen) atoms. The fourth-order valence-electron chi connectivity index (χ4n) is 3.04. The van der Waals surface area contributed by atoms with E-state index in [0.717, 1.165) is 43.6 Å². The summed E-state index contributed by atoms with van der Waals surface area (Å²) in [5.41, 5.74) is 1.17. The minimum Gasteiger partial charge on any atom is -0.454 e. The average molecular weight is 317 g/mol. The van der Waals surface area contributed by atoms with Crippen molar-refractivity contribution in [1.29, 1.82) is 0 Å².